The molecule has 0 aromatic rings. The van der Waals surface area contributed by atoms with Gasteiger partial charge >= 0.3 is 0 Å². The van der Waals surface area contributed by atoms with E-state index < -0.39 is 0 Å². The molecule has 0 rings (SSSR count). The molecule has 0 atom stereocenters. The number of nitrogens with one attached hydrogen (secondary N) is 1. The Morgan fingerprint density at radius 3 is 2.13 bits per heavy atom. The monoisotopic (exact) mass is 215 g/mol. The van der Waals surface area contributed by atoms with E-state index in [1.54, 1.807) is 0 Å². The number of aliphatic hydroxyl groups is 1. The maximum Gasteiger partial charge on any atom is 0.220 e. The Morgan fingerprint density at radius 1 is 1.20 bits per heavy atom. The van der Waals surface area contributed by atoms with Gasteiger partial charge in [-0.15, -0.1) is 0 Å². The Hall–Kier alpha value is -0.570. The molecule has 0 saturated carbocycles. The first-order valence-electron chi connectivity index (χ1n) is 5.58. The van der Waals surface area contributed by atoms with Crippen LogP contribution in [0, 0.1) is 5.41 Å². The summed E-state index contributed by atoms with van der Waals surface area (Å²) >= 11 is 0. The highest BCUT2D eigenvalue weighted by Crippen LogP contribution is 2.26. The van der Waals surface area contributed by atoms with E-state index in [1.165, 1.54) is 0 Å². The van der Waals surface area contributed by atoms with Crippen LogP contribution in [0.3, 0.4) is 0 Å². The van der Waals surface area contributed by atoms with Gasteiger partial charge in [-0.05, 0) is 32.1 Å². The largest absolute Gasteiger partial charge is 0.396 e. The van der Waals surface area contributed by atoms with Gasteiger partial charge in [-0.2, -0.15) is 0 Å². The fourth-order valence-corrected chi connectivity index (χ4v) is 2.05. The lowest BCUT2D eigenvalue weighted by Gasteiger charge is -2.33. The third-order valence-corrected chi connectivity index (χ3v) is 2.01. The van der Waals surface area contributed by atoms with E-state index in [0.29, 0.717) is 12.8 Å². The highest BCUT2D eigenvalue weighted by Gasteiger charge is 2.26. The lowest BCUT2D eigenvalue weighted by Crippen LogP contribution is -2.45. The SMILES string of the molecule is CC(C)(C)CC(C)(C)NC(=O)CCCO. The molecule has 1 amide bonds. The standard InChI is InChI=1S/C12H25NO2/c1-11(2,3)9-12(4,5)13-10(15)7-6-8-14/h14H,6-9H2,1-5H3,(H,13,15). The van der Waals surface area contributed by atoms with Crippen molar-refractivity contribution in [3.05, 3.63) is 0 Å². The first-order chi connectivity index (χ1) is 6.66. The molecule has 90 valence electrons. The minimum absolute atomic E-state index is 0.0262. The van der Waals surface area contributed by atoms with E-state index in [-0.39, 0.29) is 23.5 Å². The number of hydrogen-bond acceptors (Lipinski definition) is 2. The smallest absolute Gasteiger partial charge is 0.220 e. The van der Waals surface area contributed by atoms with Crippen molar-refractivity contribution in [3.63, 3.8) is 0 Å². The summed E-state index contributed by atoms with van der Waals surface area (Å²) in [6.07, 6.45) is 1.88. The predicted molar refractivity (Wildman–Crippen MR) is 62.6 cm³/mol. The number of aliphatic hydroxyl groups excluding tert-OH is 1. The molecular weight excluding hydrogens is 190 g/mol. The summed E-state index contributed by atoms with van der Waals surface area (Å²) in [7, 11) is 0. The Morgan fingerprint density at radius 2 is 1.73 bits per heavy atom. The topological polar surface area (TPSA) is 49.3 Å². The summed E-state index contributed by atoms with van der Waals surface area (Å²) in [6.45, 7) is 10.6. The van der Waals surface area contributed by atoms with Crippen molar-refractivity contribution in [2.45, 2.75) is 59.4 Å². The van der Waals surface area contributed by atoms with Crippen LogP contribution in [0.15, 0.2) is 0 Å². The predicted octanol–water partition coefficient (Wildman–Crippen LogP) is 2.09. The van der Waals surface area contributed by atoms with Crippen molar-refractivity contribution in [3.8, 4) is 0 Å². The minimum Gasteiger partial charge on any atom is -0.396 e. The zero-order valence-corrected chi connectivity index (χ0v) is 10.7. The first-order valence-corrected chi connectivity index (χ1v) is 5.58. The van der Waals surface area contributed by atoms with Crippen molar-refractivity contribution in [2.75, 3.05) is 6.61 Å². The van der Waals surface area contributed by atoms with Crippen molar-refractivity contribution in [1.82, 2.24) is 5.32 Å². The Bertz CT molecular complexity index is 204. The summed E-state index contributed by atoms with van der Waals surface area (Å²) in [6, 6.07) is 0. The molecule has 0 aromatic heterocycles. The van der Waals surface area contributed by atoms with E-state index in [1.807, 2.05) is 13.8 Å². The Balaban J connectivity index is 4.07. The lowest BCUT2D eigenvalue weighted by atomic mass is 9.82. The summed E-state index contributed by atoms with van der Waals surface area (Å²) in [5.41, 5.74) is 0.0263. The number of amides is 1. The number of carbonyl (C=O) groups is 1. The second kappa shape index (κ2) is 5.50. The van der Waals surface area contributed by atoms with Crippen LogP contribution in [0.25, 0.3) is 0 Å². The van der Waals surface area contributed by atoms with Gasteiger partial charge in [0.25, 0.3) is 0 Å². The van der Waals surface area contributed by atoms with Gasteiger partial charge in [-0.25, -0.2) is 0 Å². The van der Waals surface area contributed by atoms with Gasteiger partial charge in [0.05, 0.1) is 0 Å². The fourth-order valence-electron chi connectivity index (χ4n) is 2.05. The maximum atomic E-state index is 11.5. The summed E-state index contributed by atoms with van der Waals surface area (Å²) in [5.74, 6) is 0.0262. The molecule has 2 N–H and O–H groups in total. The second-order valence-corrected chi connectivity index (χ2v) is 6.00. The highest BCUT2D eigenvalue weighted by atomic mass is 16.3. The zero-order valence-electron chi connectivity index (χ0n) is 10.7. The molecule has 0 unspecified atom stereocenters. The zero-order chi connectivity index (χ0) is 12.1. The molecular formula is C12H25NO2. The van der Waals surface area contributed by atoms with Crippen LogP contribution >= 0.6 is 0 Å². The summed E-state index contributed by atoms with van der Waals surface area (Å²) in [4.78, 5) is 11.5. The van der Waals surface area contributed by atoms with E-state index in [0.717, 1.165) is 6.42 Å². The van der Waals surface area contributed by atoms with Crippen LogP contribution in [-0.2, 0) is 4.79 Å². The number of rotatable bonds is 5. The first kappa shape index (κ1) is 14.4. The average molecular weight is 215 g/mol. The minimum atomic E-state index is -0.176. The molecule has 0 radical (unpaired) electrons. The van der Waals surface area contributed by atoms with Crippen molar-refractivity contribution in [2.24, 2.45) is 5.41 Å². The van der Waals surface area contributed by atoms with Crippen LogP contribution < -0.4 is 5.32 Å². The molecule has 0 saturated heterocycles. The van der Waals surface area contributed by atoms with Gasteiger partial charge in [-0.1, -0.05) is 20.8 Å². The highest BCUT2D eigenvalue weighted by molar-refractivity contribution is 5.76. The second-order valence-electron chi connectivity index (χ2n) is 6.00. The van der Waals surface area contributed by atoms with Crippen molar-refractivity contribution in [1.29, 1.82) is 0 Å². The van der Waals surface area contributed by atoms with Gasteiger partial charge < -0.3 is 10.4 Å². The summed E-state index contributed by atoms with van der Waals surface area (Å²) < 4.78 is 0. The molecule has 0 spiro atoms. The van der Waals surface area contributed by atoms with Gasteiger partial charge in [0.15, 0.2) is 0 Å². The molecule has 0 heterocycles. The summed E-state index contributed by atoms with van der Waals surface area (Å²) in [5, 5.41) is 11.6. The van der Waals surface area contributed by atoms with Gasteiger partial charge in [0.1, 0.15) is 0 Å². The Kier molecular flexibility index (Phi) is 5.29. The molecule has 3 heteroatoms. The number of carbonyl (C=O) groups excluding carboxylic acids is 1. The normalized spacial score (nSPS) is 12.7. The van der Waals surface area contributed by atoms with Gasteiger partial charge in [0, 0.05) is 18.6 Å². The maximum absolute atomic E-state index is 11.5. The molecule has 15 heavy (non-hydrogen) atoms. The lowest BCUT2D eigenvalue weighted by molar-refractivity contribution is -0.123. The average Bonchev–Trinajstić information content (AvgIpc) is 1.94. The van der Waals surface area contributed by atoms with Crippen molar-refractivity contribution >= 4 is 5.91 Å². The third-order valence-electron chi connectivity index (χ3n) is 2.01. The molecule has 0 aromatic carbocycles. The molecule has 3 nitrogen and oxygen atoms in total. The number of hydrogen-bond donors (Lipinski definition) is 2. The van der Waals surface area contributed by atoms with E-state index >= 15 is 0 Å². The Labute approximate surface area is 93.3 Å². The third kappa shape index (κ3) is 8.43. The van der Waals surface area contributed by atoms with E-state index in [2.05, 4.69) is 26.1 Å². The molecule has 0 aliphatic rings. The molecule has 0 fully saturated rings. The van der Waals surface area contributed by atoms with Gasteiger partial charge in [-0.3, -0.25) is 4.79 Å². The van der Waals surface area contributed by atoms with Crippen LogP contribution in [0.2, 0.25) is 0 Å². The van der Waals surface area contributed by atoms with Crippen LogP contribution in [0.4, 0.5) is 0 Å². The van der Waals surface area contributed by atoms with E-state index in [4.69, 9.17) is 5.11 Å². The van der Waals surface area contributed by atoms with Crippen LogP contribution in [-0.4, -0.2) is 23.2 Å². The fraction of sp³-hybridized carbons (Fsp3) is 0.917. The van der Waals surface area contributed by atoms with Crippen LogP contribution in [0.1, 0.15) is 53.9 Å². The molecule has 0 aliphatic heterocycles. The van der Waals surface area contributed by atoms with Gasteiger partial charge in [0.2, 0.25) is 5.91 Å². The van der Waals surface area contributed by atoms with E-state index in [9.17, 15) is 4.79 Å². The van der Waals surface area contributed by atoms with Crippen LogP contribution in [0.5, 0.6) is 0 Å². The van der Waals surface area contributed by atoms with Crippen molar-refractivity contribution < 1.29 is 9.90 Å². The molecule has 0 bridgehead atoms. The molecule has 0 aliphatic carbocycles. The quantitative estimate of drug-likeness (QED) is 0.737.